The molecule has 2 aromatic heterocycles. The summed E-state index contributed by atoms with van der Waals surface area (Å²) in [5.74, 6) is 2.02. The maximum absolute atomic E-state index is 13.5. The highest BCUT2D eigenvalue weighted by molar-refractivity contribution is 5.83. The van der Waals surface area contributed by atoms with Crippen molar-refractivity contribution < 1.29 is 18.3 Å². The first-order valence-corrected chi connectivity index (χ1v) is 9.88. The van der Waals surface area contributed by atoms with Crippen molar-refractivity contribution in [1.29, 1.82) is 0 Å². The van der Waals surface area contributed by atoms with E-state index in [9.17, 15) is 9.18 Å². The Morgan fingerprint density at radius 3 is 2.73 bits per heavy atom. The van der Waals surface area contributed by atoms with Gasteiger partial charge in [0, 0.05) is 42.0 Å². The van der Waals surface area contributed by atoms with Crippen LogP contribution in [0.25, 0.3) is 22.2 Å². The van der Waals surface area contributed by atoms with Gasteiger partial charge < -0.3 is 19.5 Å². The van der Waals surface area contributed by atoms with Gasteiger partial charge in [-0.05, 0) is 66.6 Å². The minimum atomic E-state index is -0.264. The van der Waals surface area contributed by atoms with E-state index < -0.39 is 0 Å². The van der Waals surface area contributed by atoms with Crippen molar-refractivity contribution in [3.63, 3.8) is 0 Å². The number of aromatic nitrogens is 1. The third-order valence-corrected chi connectivity index (χ3v) is 5.08. The lowest BCUT2D eigenvalue weighted by Crippen LogP contribution is -2.25. The molecule has 0 spiro atoms. The molecule has 4 aromatic rings. The molecular weight excluding hydrogens is 383 g/mol. The lowest BCUT2D eigenvalue weighted by Gasteiger charge is -2.04. The van der Waals surface area contributed by atoms with Gasteiger partial charge in [-0.3, -0.25) is 4.79 Å². The second-order valence-corrected chi connectivity index (χ2v) is 7.10. The van der Waals surface area contributed by atoms with E-state index in [-0.39, 0.29) is 11.7 Å². The summed E-state index contributed by atoms with van der Waals surface area (Å²) in [4.78, 5) is 15.3. The number of H-pyrrole nitrogens is 1. The Bertz CT molecular complexity index is 1140. The van der Waals surface area contributed by atoms with Crippen LogP contribution in [0.2, 0.25) is 0 Å². The normalized spacial score (nSPS) is 11.0. The van der Waals surface area contributed by atoms with E-state index in [0.29, 0.717) is 25.8 Å². The van der Waals surface area contributed by atoms with Crippen LogP contribution < -0.4 is 10.1 Å². The third-order valence-electron chi connectivity index (χ3n) is 5.08. The summed E-state index contributed by atoms with van der Waals surface area (Å²) in [5.41, 5.74) is 2.84. The molecule has 1 amide bonds. The largest absolute Gasteiger partial charge is 0.497 e. The summed E-state index contributed by atoms with van der Waals surface area (Å²) >= 11 is 0. The zero-order valence-corrected chi connectivity index (χ0v) is 16.7. The monoisotopic (exact) mass is 406 g/mol. The molecule has 6 heteroatoms. The molecule has 2 N–H and O–H groups in total. The molecule has 4 rings (SSSR count). The van der Waals surface area contributed by atoms with Gasteiger partial charge in [-0.15, -0.1) is 0 Å². The minimum Gasteiger partial charge on any atom is -0.497 e. The van der Waals surface area contributed by atoms with Gasteiger partial charge in [-0.1, -0.05) is 0 Å². The standard InChI is InChI=1S/C24H23FN2O3/c1-29-19-5-2-16(3-6-19)23-10-7-20(30-23)8-11-24(28)26-13-12-17-15-27-22-9-4-18(25)14-21(17)22/h2-7,9-10,14-15,27H,8,11-13H2,1H3,(H,26,28). The van der Waals surface area contributed by atoms with E-state index in [1.165, 1.54) is 12.1 Å². The fraction of sp³-hybridized carbons (Fsp3) is 0.208. The average molecular weight is 406 g/mol. The number of rotatable bonds is 8. The van der Waals surface area contributed by atoms with Crippen molar-refractivity contribution in [2.45, 2.75) is 19.3 Å². The molecule has 0 aliphatic heterocycles. The van der Waals surface area contributed by atoms with Crippen molar-refractivity contribution in [3.8, 4) is 17.1 Å². The number of furan rings is 1. The van der Waals surface area contributed by atoms with Crippen molar-refractivity contribution in [1.82, 2.24) is 10.3 Å². The number of halogens is 1. The Morgan fingerprint density at radius 1 is 1.10 bits per heavy atom. The first kappa shape index (κ1) is 19.8. The van der Waals surface area contributed by atoms with Crippen LogP contribution in [0.4, 0.5) is 4.39 Å². The molecule has 0 aliphatic rings. The molecule has 0 radical (unpaired) electrons. The zero-order valence-electron chi connectivity index (χ0n) is 16.7. The van der Waals surface area contributed by atoms with Gasteiger partial charge in [0.15, 0.2) is 0 Å². The van der Waals surface area contributed by atoms with Crippen LogP contribution in [0.1, 0.15) is 17.7 Å². The Morgan fingerprint density at radius 2 is 1.93 bits per heavy atom. The van der Waals surface area contributed by atoms with Crippen LogP contribution in [-0.4, -0.2) is 24.5 Å². The van der Waals surface area contributed by atoms with Crippen LogP contribution in [0.5, 0.6) is 5.75 Å². The number of carbonyl (C=O) groups excluding carboxylic acids is 1. The summed E-state index contributed by atoms with van der Waals surface area (Å²) in [6.45, 7) is 0.498. The maximum Gasteiger partial charge on any atom is 0.220 e. The first-order chi connectivity index (χ1) is 14.6. The number of hydrogen-bond acceptors (Lipinski definition) is 3. The summed E-state index contributed by atoms with van der Waals surface area (Å²) in [5, 5.41) is 3.77. The van der Waals surface area contributed by atoms with E-state index in [4.69, 9.17) is 9.15 Å². The summed E-state index contributed by atoms with van der Waals surface area (Å²) in [7, 11) is 1.63. The minimum absolute atomic E-state index is 0.0385. The first-order valence-electron chi connectivity index (χ1n) is 9.88. The number of benzene rings is 2. The van der Waals surface area contributed by atoms with Crippen molar-refractivity contribution in [2.75, 3.05) is 13.7 Å². The number of carbonyl (C=O) groups is 1. The second-order valence-electron chi connectivity index (χ2n) is 7.10. The molecular formula is C24H23FN2O3. The van der Waals surface area contributed by atoms with Crippen molar-refractivity contribution >= 4 is 16.8 Å². The van der Waals surface area contributed by atoms with Crippen LogP contribution >= 0.6 is 0 Å². The number of nitrogens with one attached hydrogen (secondary N) is 2. The maximum atomic E-state index is 13.5. The van der Waals surface area contributed by atoms with Crippen molar-refractivity contribution in [2.24, 2.45) is 0 Å². The topological polar surface area (TPSA) is 67.3 Å². The number of amides is 1. The Hall–Kier alpha value is -3.54. The number of ether oxygens (including phenoxy) is 1. The molecule has 0 unspecified atom stereocenters. The number of methoxy groups -OCH3 is 1. The SMILES string of the molecule is COc1ccc(-c2ccc(CCC(=O)NCCc3c[nH]c4ccc(F)cc34)o2)cc1. The van der Waals surface area contributed by atoms with Crippen LogP contribution in [0, 0.1) is 5.82 Å². The van der Waals surface area contributed by atoms with E-state index in [2.05, 4.69) is 10.3 Å². The molecule has 0 saturated carbocycles. The molecule has 154 valence electrons. The number of aromatic amines is 1. The highest BCUT2D eigenvalue weighted by Gasteiger charge is 2.09. The van der Waals surface area contributed by atoms with Gasteiger partial charge in [0.2, 0.25) is 5.91 Å². The number of fused-ring (bicyclic) bond motifs is 1. The fourth-order valence-electron chi connectivity index (χ4n) is 3.44. The fourth-order valence-corrected chi connectivity index (χ4v) is 3.44. The second kappa shape index (κ2) is 8.86. The van der Waals surface area contributed by atoms with Gasteiger partial charge in [-0.25, -0.2) is 4.39 Å². The molecule has 0 fully saturated rings. The van der Waals surface area contributed by atoms with E-state index >= 15 is 0 Å². The molecule has 0 aliphatic carbocycles. The van der Waals surface area contributed by atoms with E-state index in [1.807, 2.05) is 42.6 Å². The molecule has 0 saturated heterocycles. The van der Waals surface area contributed by atoms with Gasteiger partial charge in [-0.2, -0.15) is 0 Å². The van der Waals surface area contributed by atoms with Crippen molar-refractivity contribution in [3.05, 3.63) is 77.9 Å². The number of hydrogen-bond donors (Lipinski definition) is 2. The zero-order chi connectivity index (χ0) is 20.9. The molecule has 30 heavy (non-hydrogen) atoms. The highest BCUT2D eigenvalue weighted by atomic mass is 19.1. The Kier molecular flexibility index (Phi) is 5.84. The van der Waals surface area contributed by atoms with Crippen LogP contribution in [0.15, 0.2) is 65.2 Å². The Labute approximate surface area is 173 Å². The summed E-state index contributed by atoms with van der Waals surface area (Å²) in [6, 6.07) is 16.1. The number of aryl methyl sites for hydroxylation is 1. The van der Waals surface area contributed by atoms with E-state index in [1.54, 1.807) is 13.2 Å². The lowest BCUT2D eigenvalue weighted by molar-refractivity contribution is -0.121. The van der Waals surface area contributed by atoms with Gasteiger partial charge >= 0.3 is 0 Å². The summed E-state index contributed by atoms with van der Waals surface area (Å²) < 4.78 is 24.5. The van der Waals surface area contributed by atoms with Gasteiger partial charge in [0.1, 0.15) is 23.1 Å². The smallest absolute Gasteiger partial charge is 0.220 e. The van der Waals surface area contributed by atoms with E-state index in [0.717, 1.165) is 39.3 Å². The third kappa shape index (κ3) is 4.54. The predicted molar refractivity (Wildman–Crippen MR) is 114 cm³/mol. The quantitative estimate of drug-likeness (QED) is 0.439. The average Bonchev–Trinajstić information content (AvgIpc) is 3.39. The molecule has 2 heterocycles. The molecule has 0 bridgehead atoms. The molecule has 5 nitrogen and oxygen atoms in total. The predicted octanol–water partition coefficient (Wildman–Crippen LogP) is 4.87. The highest BCUT2D eigenvalue weighted by Crippen LogP contribution is 2.25. The summed E-state index contributed by atoms with van der Waals surface area (Å²) in [6.07, 6.45) is 3.37. The molecule has 2 aromatic carbocycles. The van der Waals surface area contributed by atoms with Crippen LogP contribution in [-0.2, 0) is 17.6 Å². The lowest BCUT2D eigenvalue weighted by atomic mass is 10.1. The van der Waals surface area contributed by atoms with Gasteiger partial charge in [0.05, 0.1) is 7.11 Å². The Balaban J connectivity index is 1.25. The van der Waals surface area contributed by atoms with Gasteiger partial charge in [0.25, 0.3) is 0 Å². The molecule has 0 atom stereocenters. The van der Waals surface area contributed by atoms with Crippen LogP contribution in [0.3, 0.4) is 0 Å².